The molecule has 2 fully saturated rings. The lowest BCUT2D eigenvalue weighted by atomic mass is 10.0. The molecule has 2 aromatic rings. The molecule has 0 spiro atoms. The topological polar surface area (TPSA) is 45.2 Å². The number of pyridine rings is 1. The number of likely N-dealkylation sites (tertiary alicyclic amines) is 1. The summed E-state index contributed by atoms with van der Waals surface area (Å²) in [5.74, 6) is 0.731. The molecule has 2 heterocycles. The van der Waals surface area contributed by atoms with Gasteiger partial charge in [-0.05, 0) is 54.9 Å². The molecule has 1 aliphatic heterocycles. The number of hydrogen-bond donors (Lipinski definition) is 1. The van der Waals surface area contributed by atoms with Gasteiger partial charge in [-0.3, -0.25) is 4.98 Å². The van der Waals surface area contributed by atoms with Crippen LogP contribution in [0.3, 0.4) is 0 Å². The smallest absolute Gasteiger partial charge is 0.318 e. The van der Waals surface area contributed by atoms with E-state index in [4.69, 9.17) is 0 Å². The van der Waals surface area contributed by atoms with E-state index in [9.17, 15) is 4.79 Å². The summed E-state index contributed by atoms with van der Waals surface area (Å²) < 4.78 is 0. The van der Waals surface area contributed by atoms with E-state index in [0.29, 0.717) is 6.04 Å². The van der Waals surface area contributed by atoms with Crippen molar-refractivity contribution < 1.29 is 4.79 Å². The maximum Gasteiger partial charge on any atom is 0.318 e. The lowest BCUT2D eigenvalue weighted by Crippen LogP contribution is -2.45. The third-order valence-electron chi connectivity index (χ3n) is 5.42. The van der Waals surface area contributed by atoms with E-state index in [1.165, 1.54) is 19.3 Å². The molecule has 4 heteroatoms. The number of aromatic nitrogens is 1. The van der Waals surface area contributed by atoms with Crippen LogP contribution in [0.2, 0.25) is 0 Å². The minimum atomic E-state index is 0.0135. The Balaban J connectivity index is 1.41. The molecule has 1 saturated heterocycles. The number of nitrogens with zero attached hydrogens (tertiary/aromatic N) is 2. The summed E-state index contributed by atoms with van der Waals surface area (Å²) in [6, 6.07) is 12.9. The first kappa shape index (κ1) is 15.2. The van der Waals surface area contributed by atoms with Crippen LogP contribution in [-0.2, 0) is 0 Å². The van der Waals surface area contributed by atoms with E-state index in [-0.39, 0.29) is 12.1 Å². The highest BCUT2D eigenvalue weighted by Gasteiger charge is 2.40. The van der Waals surface area contributed by atoms with Crippen molar-refractivity contribution in [3.63, 3.8) is 0 Å². The SMILES string of the molecule is C[C@H](NC(=O)N1C[C@H]2CC[C@H]1C2)c1ccc(-c2cccnc2)cc1. The summed E-state index contributed by atoms with van der Waals surface area (Å²) in [7, 11) is 0. The fourth-order valence-electron chi connectivity index (χ4n) is 4.02. The molecule has 0 unspecified atom stereocenters. The van der Waals surface area contributed by atoms with Crippen molar-refractivity contribution in [1.82, 2.24) is 15.2 Å². The zero-order chi connectivity index (χ0) is 16.5. The van der Waals surface area contributed by atoms with Gasteiger partial charge in [-0.15, -0.1) is 0 Å². The Morgan fingerprint density at radius 2 is 2.04 bits per heavy atom. The van der Waals surface area contributed by atoms with E-state index < -0.39 is 0 Å². The van der Waals surface area contributed by atoms with Crippen LogP contribution in [0.5, 0.6) is 0 Å². The number of fused-ring (bicyclic) bond motifs is 2. The molecule has 1 aromatic carbocycles. The molecule has 2 bridgehead atoms. The largest absolute Gasteiger partial charge is 0.331 e. The molecule has 1 saturated carbocycles. The number of urea groups is 1. The first-order valence-electron chi connectivity index (χ1n) is 8.78. The third kappa shape index (κ3) is 2.88. The van der Waals surface area contributed by atoms with Crippen molar-refractivity contribution in [2.75, 3.05) is 6.54 Å². The summed E-state index contributed by atoms with van der Waals surface area (Å²) >= 11 is 0. The van der Waals surface area contributed by atoms with Gasteiger partial charge >= 0.3 is 6.03 Å². The predicted molar refractivity (Wildman–Crippen MR) is 94.5 cm³/mol. The second-order valence-corrected chi connectivity index (χ2v) is 7.02. The van der Waals surface area contributed by atoms with Gasteiger partial charge in [0, 0.05) is 25.0 Å². The number of carbonyl (C=O) groups excluding carboxylic acids is 1. The molecule has 1 aromatic heterocycles. The Kier molecular flexibility index (Phi) is 3.97. The fraction of sp³-hybridized carbons (Fsp3) is 0.400. The van der Waals surface area contributed by atoms with Crippen LogP contribution in [0, 0.1) is 5.92 Å². The molecule has 3 atom stereocenters. The van der Waals surface area contributed by atoms with Gasteiger partial charge in [-0.25, -0.2) is 4.79 Å². The molecule has 124 valence electrons. The quantitative estimate of drug-likeness (QED) is 0.928. The summed E-state index contributed by atoms with van der Waals surface area (Å²) in [6.45, 7) is 2.98. The summed E-state index contributed by atoms with van der Waals surface area (Å²) in [5.41, 5.74) is 3.37. The van der Waals surface area contributed by atoms with Gasteiger partial charge in [0.25, 0.3) is 0 Å². The van der Waals surface area contributed by atoms with E-state index >= 15 is 0 Å². The average Bonchev–Trinajstić information content (AvgIpc) is 3.26. The van der Waals surface area contributed by atoms with Crippen LogP contribution in [0.25, 0.3) is 11.1 Å². The van der Waals surface area contributed by atoms with E-state index in [0.717, 1.165) is 29.2 Å². The van der Waals surface area contributed by atoms with Crippen molar-refractivity contribution in [2.45, 2.75) is 38.3 Å². The summed E-state index contributed by atoms with van der Waals surface area (Å²) in [5, 5.41) is 3.16. The standard InChI is InChI=1S/C20H23N3O/c1-14(22-20(24)23-13-15-4-9-19(23)11-15)16-5-7-17(8-6-16)18-3-2-10-21-12-18/h2-3,5-8,10,12,14-15,19H,4,9,11,13H2,1H3,(H,22,24)/t14-,15-,19-/m0/s1. The zero-order valence-corrected chi connectivity index (χ0v) is 14.0. The van der Waals surface area contributed by atoms with Crippen molar-refractivity contribution >= 4 is 6.03 Å². The molecule has 24 heavy (non-hydrogen) atoms. The minimum Gasteiger partial charge on any atom is -0.331 e. The highest BCUT2D eigenvalue weighted by atomic mass is 16.2. The van der Waals surface area contributed by atoms with Gasteiger partial charge < -0.3 is 10.2 Å². The Morgan fingerprint density at radius 1 is 1.21 bits per heavy atom. The molecule has 2 amide bonds. The number of carbonyl (C=O) groups is 1. The molecule has 1 N–H and O–H groups in total. The molecular formula is C20H23N3O. The zero-order valence-electron chi connectivity index (χ0n) is 14.0. The Morgan fingerprint density at radius 3 is 2.67 bits per heavy atom. The molecular weight excluding hydrogens is 298 g/mol. The molecule has 0 radical (unpaired) electrons. The van der Waals surface area contributed by atoms with Crippen LogP contribution < -0.4 is 5.32 Å². The fourth-order valence-corrected chi connectivity index (χ4v) is 4.02. The maximum atomic E-state index is 12.5. The van der Waals surface area contributed by atoms with E-state index in [2.05, 4.69) is 40.6 Å². The van der Waals surface area contributed by atoms with Crippen molar-refractivity contribution in [1.29, 1.82) is 0 Å². The molecule has 2 aliphatic rings. The minimum absolute atomic E-state index is 0.0135. The van der Waals surface area contributed by atoms with E-state index in [1.807, 2.05) is 24.1 Å². The van der Waals surface area contributed by atoms with Gasteiger partial charge in [-0.1, -0.05) is 30.3 Å². The Bertz CT molecular complexity index is 713. The average molecular weight is 321 g/mol. The molecule has 1 aliphatic carbocycles. The normalized spacial score (nSPS) is 23.3. The highest BCUT2D eigenvalue weighted by Crippen LogP contribution is 2.37. The van der Waals surface area contributed by atoms with Crippen molar-refractivity contribution in [3.05, 3.63) is 54.4 Å². The molecule has 4 rings (SSSR count). The van der Waals surface area contributed by atoms with Gasteiger partial charge in [0.1, 0.15) is 0 Å². The maximum absolute atomic E-state index is 12.5. The Hall–Kier alpha value is -2.36. The first-order chi connectivity index (χ1) is 11.7. The number of amides is 2. The van der Waals surface area contributed by atoms with Crippen LogP contribution in [0.1, 0.15) is 37.8 Å². The van der Waals surface area contributed by atoms with Gasteiger partial charge in [0.2, 0.25) is 0 Å². The van der Waals surface area contributed by atoms with Gasteiger partial charge in [0.15, 0.2) is 0 Å². The number of hydrogen-bond acceptors (Lipinski definition) is 2. The molecule has 4 nitrogen and oxygen atoms in total. The van der Waals surface area contributed by atoms with Crippen LogP contribution >= 0.6 is 0 Å². The lowest BCUT2D eigenvalue weighted by molar-refractivity contribution is 0.178. The van der Waals surface area contributed by atoms with Crippen LogP contribution in [0.4, 0.5) is 4.79 Å². The number of rotatable bonds is 3. The summed E-state index contributed by atoms with van der Waals surface area (Å²) in [4.78, 5) is 18.7. The monoisotopic (exact) mass is 321 g/mol. The number of piperidine rings is 1. The predicted octanol–water partition coefficient (Wildman–Crippen LogP) is 4.00. The lowest BCUT2D eigenvalue weighted by Gasteiger charge is -2.28. The van der Waals surface area contributed by atoms with Crippen LogP contribution in [-0.4, -0.2) is 28.5 Å². The van der Waals surface area contributed by atoms with E-state index in [1.54, 1.807) is 6.20 Å². The van der Waals surface area contributed by atoms with Gasteiger partial charge in [0.05, 0.1) is 6.04 Å². The second kappa shape index (κ2) is 6.27. The van der Waals surface area contributed by atoms with Gasteiger partial charge in [-0.2, -0.15) is 0 Å². The van der Waals surface area contributed by atoms with Crippen molar-refractivity contribution in [2.24, 2.45) is 5.92 Å². The summed E-state index contributed by atoms with van der Waals surface area (Å²) in [6.07, 6.45) is 7.30. The van der Waals surface area contributed by atoms with Crippen LogP contribution in [0.15, 0.2) is 48.8 Å². The highest BCUT2D eigenvalue weighted by molar-refractivity contribution is 5.75. The second-order valence-electron chi connectivity index (χ2n) is 7.02. The van der Waals surface area contributed by atoms with Crippen molar-refractivity contribution in [3.8, 4) is 11.1 Å². The first-order valence-corrected chi connectivity index (χ1v) is 8.78. The number of benzene rings is 1. The Labute approximate surface area is 142 Å². The third-order valence-corrected chi connectivity index (χ3v) is 5.42. The number of nitrogens with one attached hydrogen (secondary N) is 1.